The molecule has 0 radical (unpaired) electrons. The molecule has 1 aromatic carbocycles. The van der Waals surface area contributed by atoms with Gasteiger partial charge in [-0.2, -0.15) is 0 Å². The predicted octanol–water partition coefficient (Wildman–Crippen LogP) is 3.26. The van der Waals surface area contributed by atoms with E-state index >= 15 is 0 Å². The minimum Gasteiger partial charge on any atom is -0.494 e. The molecule has 0 bridgehead atoms. The Kier molecular flexibility index (Phi) is 6.35. The molecule has 0 heterocycles. The van der Waals surface area contributed by atoms with E-state index in [9.17, 15) is 0 Å². The van der Waals surface area contributed by atoms with Gasteiger partial charge in [0.1, 0.15) is 5.75 Å². The molecule has 0 aromatic heterocycles. The van der Waals surface area contributed by atoms with Gasteiger partial charge in [0.05, 0.1) is 6.61 Å². The highest BCUT2D eigenvalue weighted by Crippen LogP contribution is 2.13. The first-order valence-electron chi connectivity index (χ1n) is 5.87. The molecule has 0 aliphatic heterocycles. The fraction of sp³-hybridized carbons (Fsp3) is 0.429. The van der Waals surface area contributed by atoms with Gasteiger partial charge >= 0.3 is 0 Å². The minimum absolute atomic E-state index is 0.203. The first-order valence-corrected chi connectivity index (χ1v) is 5.87. The second kappa shape index (κ2) is 7.94. The van der Waals surface area contributed by atoms with Gasteiger partial charge in [-0.15, -0.1) is 0 Å². The third-order valence-electron chi connectivity index (χ3n) is 2.25. The van der Waals surface area contributed by atoms with Crippen molar-refractivity contribution < 1.29 is 9.84 Å². The smallest absolute Gasteiger partial charge is 0.119 e. The number of hydrogen-bond acceptors (Lipinski definition) is 2. The zero-order valence-corrected chi connectivity index (χ0v) is 9.86. The monoisotopic (exact) mass is 220 g/mol. The van der Waals surface area contributed by atoms with Crippen molar-refractivity contribution in [2.75, 3.05) is 13.2 Å². The standard InChI is InChI=1S/C14H20O2/c1-2-3-12-16-14-9-7-13(8-10-14)6-4-5-11-15/h4,6-10,15H,2-3,5,11-12H2,1H3/b6-4+. The number of aliphatic hydroxyl groups is 1. The SMILES string of the molecule is CCCCOc1ccc(/C=C/CCO)cc1. The first-order chi connectivity index (χ1) is 7.86. The molecule has 0 spiro atoms. The van der Waals surface area contributed by atoms with E-state index < -0.39 is 0 Å². The molecule has 0 saturated heterocycles. The van der Waals surface area contributed by atoms with Gasteiger partial charge in [0, 0.05) is 6.61 Å². The molecule has 1 aromatic rings. The molecule has 0 saturated carbocycles. The van der Waals surface area contributed by atoms with Crippen LogP contribution in [0.25, 0.3) is 6.08 Å². The average Bonchev–Trinajstić information content (AvgIpc) is 2.32. The van der Waals surface area contributed by atoms with Crippen LogP contribution in [0.4, 0.5) is 0 Å². The van der Waals surface area contributed by atoms with Crippen molar-refractivity contribution in [3.63, 3.8) is 0 Å². The number of ether oxygens (including phenoxy) is 1. The molecule has 2 heteroatoms. The van der Waals surface area contributed by atoms with Crippen molar-refractivity contribution >= 4 is 6.08 Å². The van der Waals surface area contributed by atoms with Crippen LogP contribution in [-0.4, -0.2) is 18.3 Å². The summed E-state index contributed by atoms with van der Waals surface area (Å²) in [5.41, 5.74) is 1.14. The maximum Gasteiger partial charge on any atom is 0.119 e. The Balaban J connectivity index is 2.41. The van der Waals surface area contributed by atoms with E-state index in [2.05, 4.69) is 6.92 Å². The van der Waals surface area contributed by atoms with Crippen molar-refractivity contribution in [2.24, 2.45) is 0 Å². The van der Waals surface area contributed by atoms with Crippen LogP contribution in [0.2, 0.25) is 0 Å². The van der Waals surface area contributed by atoms with E-state index in [0.29, 0.717) is 6.42 Å². The molecule has 88 valence electrons. The molecule has 16 heavy (non-hydrogen) atoms. The van der Waals surface area contributed by atoms with Crippen LogP contribution in [0.5, 0.6) is 5.75 Å². The lowest BCUT2D eigenvalue weighted by Gasteiger charge is -2.04. The lowest BCUT2D eigenvalue weighted by molar-refractivity contribution is 0.303. The molecule has 1 N–H and O–H groups in total. The summed E-state index contributed by atoms with van der Waals surface area (Å²) in [6, 6.07) is 8.01. The molecule has 0 aliphatic carbocycles. The van der Waals surface area contributed by atoms with Crippen LogP contribution >= 0.6 is 0 Å². The Morgan fingerprint density at radius 2 is 2.00 bits per heavy atom. The van der Waals surface area contributed by atoms with Gasteiger partial charge in [-0.3, -0.25) is 0 Å². The van der Waals surface area contributed by atoms with Gasteiger partial charge in [0.2, 0.25) is 0 Å². The molecule has 0 aliphatic rings. The summed E-state index contributed by atoms with van der Waals surface area (Å²) in [4.78, 5) is 0. The second-order valence-corrected chi connectivity index (χ2v) is 3.69. The summed E-state index contributed by atoms with van der Waals surface area (Å²) in [5, 5.41) is 8.64. The Morgan fingerprint density at radius 1 is 1.25 bits per heavy atom. The van der Waals surface area contributed by atoms with E-state index in [0.717, 1.165) is 30.8 Å². The van der Waals surface area contributed by atoms with Crippen molar-refractivity contribution in [1.29, 1.82) is 0 Å². The van der Waals surface area contributed by atoms with Gasteiger partial charge in [-0.05, 0) is 30.5 Å². The van der Waals surface area contributed by atoms with Gasteiger partial charge in [-0.1, -0.05) is 37.6 Å². The average molecular weight is 220 g/mol. The van der Waals surface area contributed by atoms with Gasteiger partial charge < -0.3 is 9.84 Å². The molecule has 2 nitrogen and oxygen atoms in total. The largest absolute Gasteiger partial charge is 0.494 e. The van der Waals surface area contributed by atoms with Crippen molar-refractivity contribution in [3.8, 4) is 5.75 Å². The van der Waals surface area contributed by atoms with Crippen molar-refractivity contribution in [2.45, 2.75) is 26.2 Å². The molecule has 1 rings (SSSR count). The van der Waals surface area contributed by atoms with Gasteiger partial charge in [0.25, 0.3) is 0 Å². The topological polar surface area (TPSA) is 29.5 Å². The highest BCUT2D eigenvalue weighted by Gasteiger charge is 1.92. The summed E-state index contributed by atoms with van der Waals surface area (Å²) in [6.07, 6.45) is 6.92. The van der Waals surface area contributed by atoms with Crippen molar-refractivity contribution in [1.82, 2.24) is 0 Å². The Hall–Kier alpha value is -1.28. The number of rotatable bonds is 7. The predicted molar refractivity (Wildman–Crippen MR) is 67.6 cm³/mol. The molecule has 0 unspecified atom stereocenters. The molecule has 0 fully saturated rings. The van der Waals surface area contributed by atoms with E-state index in [-0.39, 0.29) is 6.61 Å². The number of hydrogen-bond donors (Lipinski definition) is 1. The van der Waals surface area contributed by atoms with E-state index in [1.54, 1.807) is 0 Å². The lowest BCUT2D eigenvalue weighted by atomic mass is 10.2. The number of benzene rings is 1. The van der Waals surface area contributed by atoms with Gasteiger partial charge in [-0.25, -0.2) is 0 Å². The zero-order valence-electron chi connectivity index (χ0n) is 9.86. The fourth-order valence-corrected chi connectivity index (χ4v) is 1.30. The van der Waals surface area contributed by atoms with E-state index in [1.165, 1.54) is 0 Å². The fourth-order valence-electron chi connectivity index (χ4n) is 1.30. The second-order valence-electron chi connectivity index (χ2n) is 3.69. The van der Waals surface area contributed by atoms with Crippen LogP contribution in [0.1, 0.15) is 31.7 Å². The third-order valence-corrected chi connectivity index (χ3v) is 2.25. The quantitative estimate of drug-likeness (QED) is 0.715. The van der Waals surface area contributed by atoms with Crippen LogP contribution in [0, 0.1) is 0 Å². The molecular weight excluding hydrogens is 200 g/mol. The summed E-state index contributed by atoms with van der Waals surface area (Å²) < 4.78 is 5.56. The number of aliphatic hydroxyl groups excluding tert-OH is 1. The maximum atomic E-state index is 8.64. The van der Waals surface area contributed by atoms with Crippen LogP contribution < -0.4 is 4.74 Å². The zero-order chi connectivity index (χ0) is 11.6. The molecule has 0 amide bonds. The van der Waals surface area contributed by atoms with Crippen LogP contribution in [0.15, 0.2) is 30.3 Å². The third kappa shape index (κ3) is 4.99. The van der Waals surface area contributed by atoms with Crippen molar-refractivity contribution in [3.05, 3.63) is 35.9 Å². The first kappa shape index (κ1) is 12.8. The summed E-state index contributed by atoms with van der Waals surface area (Å²) in [5.74, 6) is 0.924. The summed E-state index contributed by atoms with van der Waals surface area (Å²) >= 11 is 0. The summed E-state index contributed by atoms with van der Waals surface area (Å²) in [6.45, 7) is 3.14. The van der Waals surface area contributed by atoms with E-state index in [1.807, 2.05) is 36.4 Å². The highest BCUT2D eigenvalue weighted by atomic mass is 16.5. The Bertz CT molecular complexity index is 301. The van der Waals surface area contributed by atoms with Crippen LogP contribution in [0.3, 0.4) is 0 Å². The van der Waals surface area contributed by atoms with E-state index in [4.69, 9.17) is 9.84 Å². The summed E-state index contributed by atoms with van der Waals surface area (Å²) in [7, 11) is 0. The molecule has 0 atom stereocenters. The maximum absolute atomic E-state index is 8.64. The minimum atomic E-state index is 0.203. The Morgan fingerprint density at radius 3 is 2.62 bits per heavy atom. The molecular formula is C14H20O2. The number of unbranched alkanes of at least 4 members (excludes halogenated alkanes) is 1. The lowest BCUT2D eigenvalue weighted by Crippen LogP contribution is -1.95. The highest BCUT2D eigenvalue weighted by molar-refractivity contribution is 5.50. The van der Waals surface area contributed by atoms with Crippen LogP contribution in [-0.2, 0) is 0 Å². The normalized spacial score (nSPS) is 10.9. The Labute approximate surface area is 97.6 Å². The van der Waals surface area contributed by atoms with Gasteiger partial charge in [0.15, 0.2) is 0 Å².